The summed E-state index contributed by atoms with van der Waals surface area (Å²) in [7, 11) is 1.61. The van der Waals surface area contributed by atoms with Gasteiger partial charge in [-0.1, -0.05) is 0 Å². The van der Waals surface area contributed by atoms with Gasteiger partial charge >= 0.3 is 0 Å². The third-order valence-electron chi connectivity index (χ3n) is 6.02. The maximum Gasteiger partial charge on any atom is 0.259 e. The molecule has 2 aliphatic rings. The third kappa shape index (κ3) is 4.65. The normalized spacial score (nSPS) is 18.7. The number of aryl methyl sites for hydroxylation is 1. The molecule has 4 rings (SSSR count). The van der Waals surface area contributed by atoms with Crippen LogP contribution in [0, 0.1) is 6.92 Å². The molecule has 0 bridgehead atoms. The van der Waals surface area contributed by atoms with Gasteiger partial charge in [-0.05, 0) is 62.1 Å². The van der Waals surface area contributed by atoms with Crippen molar-refractivity contribution < 1.29 is 19.1 Å². The molecule has 0 aliphatic carbocycles. The monoisotopic (exact) mass is 423 g/mol. The summed E-state index contributed by atoms with van der Waals surface area (Å²) in [6.45, 7) is 4.54. The lowest BCUT2D eigenvalue weighted by atomic mass is 10.1. The number of hydrogen-bond acceptors (Lipinski definition) is 5. The first-order valence-electron chi connectivity index (χ1n) is 10.9. The van der Waals surface area contributed by atoms with Crippen LogP contribution in [0.4, 0.5) is 0 Å². The molecule has 0 N–H and O–H groups in total. The van der Waals surface area contributed by atoms with Crippen LogP contribution in [0.1, 0.15) is 52.0 Å². The van der Waals surface area contributed by atoms with Crippen LogP contribution >= 0.6 is 0 Å². The summed E-state index contributed by atoms with van der Waals surface area (Å²) in [4.78, 5) is 34.0. The van der Waals surface area contributed by atoms with E-state index in [2.05, 4.69) is 4.98 Å². The minimum atomic E-state index is -0.190. The Morgan fingerprint density at radius 3 is 2.52 bits per heavy atom. The first kappa shape index (κ1) is 21.2. The second-order valence-corrected chi connectivity index (χ2v) is 8.17. The smallest absolute Gasteiger partial charge is 0.259 e. The van der Waals surface area contributed by atoms with Gasteiger partial charge in [0.05, 0.1) is 13.7 Å². The van der Waals surface area contributed by atoms with Crippen molar-refractivity contribution in [3.05, 3.63) is 53.2 Å². The molecule has 0 spiro atoms. The average molecular weight is 424 g/mol. The number of hydrogen-bond donors (Lipinski definition) is 0. The molecule has 1 aromatic carbocycles. The quantitative estimate of drug-likeness (QED) is 0.738. The largest absolute Gasteiger partial charge is 0.497 e. The number of nitrogens with zero attached hydrogens (tertiary/aromatic N) is 3. The number of carbonyl (C=O) groups is 2. The highest BCUT2D eigenvalue weighted by Crippen LogP contribution is 2.25. The van der Waals surface area contributed by atoms with Crippen molar-refractivity contribution >= 4 is 11.8 Å². The Kier molecular flexibility index (Phi) is 6.39. The number of methoxy groups -OCH3 is 1. The zero-order valence-electron chi connectivity index (χ0n) is 18.2. The Balaban J connectivity index is 1.43. The highest BCUT2D eigenvalue weighted by molar-refractivity contribution is 5.97. The maximum absolute atomic E-state index is 13.0. The van der Waals surface area contributed by atoms with Gasteiger partial charge in [-0.15, -0.1) is 0 Å². The van der Waals surface area contributed by atoms with E-state index in [4.69, 9.17) is 9.47 Å². The van der Waals surface area contributed by atoms with Gasteiger partial charge in [0.15, 0.2) is 0 Å². The minimum absolute atomic E-state index is 0.0168. The molecule has 2 aliphatic heterocycles. The standard InChI is InChI=1S/C24H29N3O4/c1-17-15-18(30-2)8-9-20(17)23(28)27-14-10-19(16-27)31-22-21(7-6-11-25-22)24(29)26-12-4-3-5-13-26/h6-9,11,15,19H,3-5,10,12-14,16H2,1-2H3. The summed E-state index contributed by atoms with van der Waals surface area (Å²) >= 11 is 0. The molecule has 2 fully saturated rings. The molecule has 164 valence electrons. The molecule has 1 unspecified atom stereocenters. The lowest BCUT2D eigenvalue weighted by Crippen LogP contribution is -2.36. The van der Waals surface area contributed by atoms with E-state index in [1.54, 1.807) is 42.5 Å². The highest BCUT2D eigenvalue weighted by Gasteiger charge is 2.31. The number of pyridine rings is 1. The topological polar surface area (TPSA) is 72.0 Å². The zero-order valence-corrected chi connectivity index (χ0v) is 18.2. The van der Waals surface area contributed by atoms with E-state index < -0.39 is 0 Å². The number of amides is 2. The zero-order chi connectivity index (χ0) is 21.8. The number of ether oxygens (including phenoxy) is 2. The van der Waals surface area contributed by atoms with E-state index >= 15 is 0 Å². The Hall–Kier alpha value is -3.09. The number of carbonyl (C=O) groups excluding carboxylic acids is 2. The molecular weight excluding hydrogens is 394 g/mol. The third-order valence-corrected chi connectivity index (χ3v) is 6.02. The number of rotatable bonds is 5. The van der Waals surface area contributed by atoms with E-state index in [9.17, 15) is 9.59 Å². The highest BCUT2D eigenvalue weighted by atomic mass is 16.5. The van der Waals surface area contributed by atoms with Crippen LogP contribution in [0.5, 0.6) is 11.6 Å². The van der Waals surface area contributed by atoms with Crippen LogP contribution in [0.25, 0.3) is 0 Å². The lowest BCUT2D eigenvalue weighted by molar-refractivity contribution is 0.0708. The maximum atomic E-state index is 13.0. The molecule has 2 amide bonds. The summed E-state index contributed by atoms with van der Waals surface area (Å²) in [5.74, 6) is 1.05. The van der Waals surface area contributed by atoms with Crippen molar-refractivity contribution in [2.75, 3.05) is 33.3 Å². The average Bonchev–Trinajstić information content (AvgIpc) is 3.27. The number of likely N-dealkylation sites (tertiary alicyclic amines) is 2. The van der Waals surface area contributed by atoms with E-state index in [0.717, 1.165) is 37.2 Å². The minimum Gasteiger partial charge on any atom is -0.497 e. The fraction of sp³-hybridized carbons (Fsp3) is 0.458. The van der Waals surface area contributed by atoms with Gasteiger partial charge in [-0.2, -0.15) is 0 Å². The molecule has 31 heavy (non-hydrogen) atoms. The van der Waals surface area contributed by atoms with Gasteiger partial charge in [-0.25, -0.2) is 4.98 Å². The van der Waals surface area contributed by atoms with Crippen molar-refractivity contribution in [3.8, 4) is 11.6 Å². The Morgan fingerprint density at radius 2 is 1.77 bits per heavy atom. The Bertz CT molecular complexity index is 956. The fourth-order valence-electron chi connectivity index (χ4n) is 4.26. The SMILES string of the molecule is COc1ccc(C(=O)N2CCC(Oc3ncccc3C(=O)N3CCCCC3)C2)c(C)c1. The molecule has 2 saturated heterocycles. The van der Waals surface area contributed by atoms with Gasteiger partial charge in [0.1, 0.15) is 17.4 Å². The van der Waals surface area contributed by atoms with Crippen LogP contribution in [-0.2, 0) is 0 Å². The second-order valence-electron chi connectivity index (χ2n) is 8.17. The molecule has 7 heteroatoms. The summed E-state index contributed by atoms with van der Waals surface area (Å²) in [6.07, 6.45) is 5.39. The van der Waals surface area contributed by atoms with Gasteiger partial charge in [0, 0.05) is 37.8 Å². The number of benzene rings is 1. The van der Waals surface area contributed by atoms with Crippen molar-refractivity contribution in [1.82, 2.24) is 14.8 Å². The van der Waals surface area contributed by atoms with Crippen molar-refractivity contribution in [3.63, 3.8) is 0 Å². The number of piperidine rings is 1. The molecular formula is C24H29N3O4. The molecule has 0 radical (unpaired) electrons. The molecule has 2 aromatic rings. The Morgan fingerprint density at radius 1 is 1.00 bits per heavy atom. The first-order valence-corrected chi connectivity index (χ1v) is 10.9. The molecule has 0 saturated carbocycles. The van der Waals surface area contributed by atoms with Crippen molar-refractivity contribution in [2.45, 2.75) is 38.7 Å². The molecule has 3 heterocycles. The molecule has 1 atom stereocenters. The van der Waals surface area contributed by atoms with Gasteiger partial charge < -0.3 is 19.3 Å². The Labute approximate surface area is 183 Å². The predicted octanol–water partition coefficient (Wildman–Crippen LogP) is 3.32. The fourth-order valence-corrected chi connectivity index (χ4v) is 4.26. The summed E-state index contributed by atoms with van der Waals surface area (Å²) < 4.78 is 11.4. The van der Waals surface area contributed by atoms with E-state index in [0.29, 0.717) is 36.5 Å². The van der Waals surface area contributed by atoms with E-state index in [1.807, 2.05) is 17.9 Å². The summed E-state index contributed by atoms with van der Waals surface area (Å²) in [6, 6.07) is 9.01. The summed E-state index contributed by atoms with van der Waals surface area (Å²) in [5, 5.41) is 0. The van der Waals surface area contributed by atoms with E-state index in [1.165, 1.54) is 6.42 Å². The first-order chi connectivity index (χ1) is 15.1. The van der Waals surface area contributed by atoms with Crippen LogP contribution in [0.3, 0.4) is 0 Å². The molecule has 7 nitrogen and oxygen atoms in total. The lowest BCUT2D eigenvalue weighted by Gasteiger charge is -2.27. The second kappa shape index (κ2) is 9.37. The molecule has 1 aromatic heterocycles. The van der Waals surface area contributed by atoms with Gasteiger partial charge in [0.2, 0.25) is 5.88 Å². The summed E-state index contributed by atoms with van der Waals surface area (Å²) in [5.41, 5.74) is 2.05. The van der Waals surface area contributed by atoms with Crippen LogP contribution in [0.15, 0.2) is 36.5 Å². The van der Waals surface area contributed by atoms with Crippen LogP contribution < -0.4 is 9.47 Å². The van der Waals surface area contributed by atoms with Crippen LogP contribution in [-0.4, -0.2) is 66.0 Å². The van der Waals surface area contributed by atoms with E-state index in [-0.39, 0.29) is 17.9 Å². The van der Waals surface area contributed by atoms with Gasteiger partial charge in [0.25, 0.3) is 11.8 Å². The van der Waals surface area contributed by atoms with Crippen molar-refractivity contribution in [1.29, 1.82) is 0 Å². The van der Waals surface area contributed by atoms with Crippen molar-refractivity contribution in [2.24, 2.45) is 0 Å². The van der Waals surface area contributed by atoms with Crippen LogP contribution in [0.2, 0.25) is 0 Å². The van der Waals surface area contributed by atoms with Gasteiger partial charge in [-0.3, -0.25) is 9.59 Å². The number of aromatic nitrogens is 1. The predicted molar refractivity (Wildman–Crippen MR) is 117 cm³/mol.